The van der Waals surface area contributed by atoms with E-state index in [1.165, 1.54) is 0 Å². The molecule has 0 aliphatic rings. The van der Waals surface area contributed by atoms with Gasteiger partial charge in [-0.15, -0.1) is 0 Å². The van der Waals surface area contributed by atoms with Crippen LogP contribution in [0.1, 0.15) is 23.7 Å². The summed E-state index contributed by atoms with van der Waals surface area (Å²) in [7, 11) is 0. The molecule has 0 unspecified atom stereocenters. The van der Waals surface area contributed by atoms with Gasteiger partial charge >= 0.3 is 6.09 Å². The average molecular weight is 452 g/mol. The number of aliphatic hydroxyl groups excluding tert-OH is 2. The molecule has 174 valence electrons. The van der Waals surface area contributed by atoms with Crippen molar-refractivity contribution < 1.29 is 29.2 Å². The lowest BCUT2D eigenvalue weighted by molar-refractivity contribution is 0.00751. The third kappa shape index (κ3) is 7.24. The Morgan fingerprint density at radius 2 is 1.61 bits per heavy atom. The minimum atomic E-state index is -0.891. The summed E-state index contributed by atoms with van der Waals surface area (Å²) in [6.07, 6.45) is -2.04. The van der Waals surface area contributed by atoms with E-state index < -0.39 is 18.3 Å². The van der Waals surface area contributed by atoms with Crippen LogP contribution in [0.4, 0.5) is 10.5 Å². The van der Waals surface area contributed by atoms with Gasteiger partial charge in [0.15, 0.2) is 6.10 Å². The molecule has 0 spiro atoms. The Balaban J connectivity index is 1.90. The molecule has 7 nitrogen and oxygen atoms in total. The maximum Gasteiger partial charge on any atom is 0.412 e. The van der Waals surface area contributed by atoms with Gasteiger partial charge in [0, 0.05) is 24.3 Å². The van der Waals surface area contributed by atoms with Crippen molar-refractivity contribution in [2.24, 2.45) is 0 Å². The quantitative estimate of drug-likeness (QED) is 0.398. The Bertz CT molecular complexity index is 993. The molecule has 1 amide bonds. The van der Waals surface area contributed by atoms with Gasteiger partial charge in [0.2, 0.25) is 0 Å². The van der Waals surface area contributed by atoms with Gasteiger partial charge in [-0.25, -0.2) is 4.79 Å². The molecular formula is C26H29NO6. The van der Waals surface area contributed by atoms with Gasteiger partial charge in [-0.05, 0) is 37.3 Å². The van der Waals surface area contributed by atoms with Crippen molar-refractivity contribution in [2.75, 3.05) is 25.1 Å². The largest absolute Gasteiger partial charge is 0.491 e. The molecule has 0 radical (unpaired) electrons. The Labute approximate surface area is 193 Å². The van der Waals surface area contributed by atoms with E-state index in [0.29, 0.717) is 22.7 Å². The smallest absolute Gasteiger partial charge is 0.412 e. The molecule has 0 aromatic heterocycles. The lowest BCUT2D eigenvalue weighted by atomic mass is 10.0. The lowest BCUT2D eigenvalue weighted by Crippen LogP contribution is -2.32. The normalized spacial score (nSPS) is 12.5. The number of anilines is 1. The Morgan fingerprint density at radius 3 is 2.30 bits per heavy atom. The highest BCUT2D eigenvalue weighted by molar-refractivity contribution is 5.84. The predicted octanol–water partition coefficient (Wildman–Crippen LogP) is 4.49. The zero-order valence-electron chi connectivity index (χ0n) is 18.5. The van der Waals surface area contributed by atoms with E-state index in [-0.39, 0.29) is 26.2 Å². The third-order valence-corrected chi connectivity index (χ3v) is 4.89. The molecule has 0 bridgehead atoms. The maximum absolute atomic E-state index is 12.8. The van der Waals surface area contributed by atoms with E-state index in [9.17, 15) is 15.0 Å². The molecule has 0 aliphatic heterocycles. The van der Waals surface area contributed by atoms with E-state index in [1.54, 1.807) is 48.5 Å². The second kappa shape index (κ2) is 12.5. The van der Waals surface area contributed by atoms with E-state index in [0.717, 1.165) is 5.56 Å². The first-order valence-electron chi connectivity index (χ1n) is 10.8. The summed E-state index contributed by atoms with van der Waals surface area (Å²) in [5.74, 6) is 1.04. The fourth-order valence-electron chi connectivity index (χ4n) is 3.31. The topological polar surface area (TPSA) is 97.3 Å². The first kappa shape index (κ1) is 24.1. The Kier molecular flexibility index (Phi) is 9.11. The van der Waals surface area contributed by atoms with Gasteiger partial charge in [0.05, 0.1) is 6.61 Å². The first-order chi connectivity index (χ1) is 16.1. The number of aryl methyl sites for hydroxylation is 1. The van der Waals surface area contributed by atoms with E-state index in [2.05, 4.69) is 5.32 Å². The molecule has 3 rings (SSSR count). The van der Waals surface area contributed by atoms with Crippen LogP contribution in [0.15, 0.2) is 78.9 Å². The minimum absolute atomic E-state index is 0.0868. The molecule has 3 aromatic rings. The molecule has 0 saturated carbocycles. The second-order valence-electron chi connectivity index (χ2n) is 7.41. The summed E-state index contributed by atoms with van der Waals surface area (Å²) < 4.78 is 17.7. The SMILES string of the molecule is Cc1ccc(NC(=O)O[C@@H](c2ccccc2OCCO)[C@H](CCO)Oc2ccccc2)cc1. The number of ether oxygens (including phenoxy) is 3. The number of para-hydroxylation sites is 2. The number of hydrogen-bond donors (Lipinski definition) is 3. The Hall–Kier alpha value is -3.55. The van der Waals surface area contributed by atoms with Gasteiger partial charge in [0.1, 0.15) is 24.2 Å². The number of benzene rings is 3. The molecule has 7 heteroatoms. The van der Waals surface area contributed by atoms with Crippen LogP contribution in [0.5, 0.6) is 11.5 Å². The number of aliphatic hydroxyl groups is 2. The lowest BCUT2D eigenvalue weighted by Gasteiger charge is -2.29. The standard InChI is InChI=1S/C26H29NO6/c1-19-11-13-20(14-12-19)27-26(30)33-25(22-9-5-6-10-23(22)31-18-17-29)24(15-16-28)32-21-7-3-2-4-8-21/h2-14,24-25,28-29H,15-18H2,1H3,(H,27,30)/t24-,25-/m0/s1. The number of nitrogens with one attached hydrogen (secondary N) is 1. The highest BCUT2D eigenvalue weighted by atomic mass is 16.6. The van der Waals surface area contributed by atoms with Gasteiger partial charge in [-0.2, -0.15) is 0 Å². The summed E-state index contributed by atoms with van der Waals surface area (Å²) in [4.78, 5) is 12.8. The van der Waals surface area contributed by atoms with E-state index >= 15 is 0 Å². The number of amides is 1. The zero-order valence-corrected chi connectivity index (χ0v) is 18.5. The molecule has 0 aliphatic carbocycles. The van der Waals surface area contributed by atoms with Crippen molar-refractivity contribution in [1.82, 2.24) is 0 Å². The zero-order chi connectivity index (χ0) is 23.5. The summed E-state index contributed by atoms with van der Waals surface area (Å²) in [6.45, 7) is 1.72. The Morgan fingerprint density at radius 1 is 0.909 bits per heavy atom. The average Bonchev–Trinajstić information content (AvgIpc) is 2.83. The van der Waals surface area contributed by atoms with Crippen LogP contribution >= 0.6 is 0 Å². The van der Waals surface area contributed by atoms with Crippen molar-refractivity contribution in [2.45, 2.75) is 25.6 Å². The number of carbonyl (C=O) groups excluding carboxylic acids is 1. The molecule has 0 heterocycles. The van der Waals surface area contributed by atoms with Gasteiger partial charge in [0.25, 0.3) is 0 Å². The molecule has 0 fully saturated rings. The summed E-state index contributed by atoms with van der Waals surface area (Å²) in [6, 6.07) is 23.6. The van der Waals surface area contributed by atoms with Crippen LogP contribution < -0.4 is 14.8 Å². The fourth-order valence-corrected chi connectivity index (χ4v) is 3.31. The molecular weight excluding hydrogens is 422 g/mol. The van der Waals surface area contributed by atoms with Crippen molar-refractivity contribution in [1.29, 1.82) is 0 Å². The highest BCUT2D eigenvalue weighted by Gasteiger charge is 2.31. The van der Waals surface area contributed by atoms with Crippen LogP contribution in [-0.2, 0) is 4.74 Å². The van der Waals surface area contributed by atoms with E-state index in [4.69, 9.17) is 14.2 Å². The minimum Gasteiger partial charge on any atom is -0.491 e. The molecule has 3 aromatic carbocycles. The van der Waals surface area contributed by atoms with E-state index in [1.807, 2.05) is 37.3 Å². The molecule has 2 atom stereocenters. The fraction of sp³-hybridized carbons (Fsp3) is 0.269. The number of hydrogen-bond acceptors (Lipinski definition) is 6. The summed E-state index contributed by atoms with van der Waals surface area (Å²) in [5.41, 5.74) is 2.23. The van der Waals surface area contributed by atoms with Crippen LogP contribution in [0.2, 0.25) is 0 Å². The van der Waals surface area contributed by atoms with Crippen molar-refractivity contribution in [3.63, 3.8) is 0 Å². The van der Waals surface area contributed by atoms with Gasteiger partial charge in [-0.3, -0.25) is 5.32 Å². The molecule has 3 N–H and O–H groups in total. The summed E-state index contributed by atoms with van der Waals surface area (Å²) >= 11 is 0. The molecule has 0 saturated heterocycles. The number of carbonyl (C=O) groups is 1. The number of rotatable bonds is 11. The predicted molar refractivity (Wildman–Crippen MR) is 126 cm³/mol. The van der Waals surface area contributed by atoms with Crippen molar-refractivity contribution in [3.8, 4) is 11.5 Å². The third-order valence-electron chi connectivity index (χ3n) is 4.89. The van der Waals surface area contributed by atoms with Crippen molar-refractivity contribution >= 4 is 11.8 Å². The van der Waals surface area contributed by atoms with Crippen LogP contribution in [-0.4, -0.2) is 42.2 Å². The van der Waals surface area contributed by atoms with Crippen LogP contribution in [0.3, 0.4) is 0 Å². The van der Waals surface area contributed by atoms with Crippen LogP contribution in [0.25, 0.3) is 0 Å². The van der Waals surface area contributed by atoms with Crippen molar-refractivity contribution in [3.05, 3.63) is 90.0 Å². The highest BCUT2D eigenvalue weighted by Crippen LogP contribution is 2.34. The first-order valence-corrected chi connectivity index (χ1v) is 10.8. The maximum atomic E-state index is 12.8. The van der Waals surface area contributed by atoms with Gasteiger partial charge < -0.3 is 24.4 Å². The monoisotopic (exact) mass is 451 g/mol. The summed E-state index contributed by atoms with van der Waals surface area (Å²) in [5, 5.41) is 21.6. The molecule has 33 heavy (non-hydrogen) atoms. The second-order valence-corrected chi connectivity index (χ2v) is 7.41. The van der Waals surface area contributed by atoms with Crippen LogP contribution in [0, 0.1) is 6.92 Å². The van der Waals surface area contributed by atoms with Gasteiger partial charge in [-0.1, -0.05) is 54.1 Å².